The highest BCUT2D eigenvalue weighted by molar-refractivity contribution is 5.83. The summed E-state index contributed by atoms with van der Waals surface area (Å²) in [6.07, 6.45) is 2.01. The van der Waals surface area contributed by atoms with Crippen LogP contribution in [0.1, 0.15) is 44.2 Å². The Morgan fingerprint density at radius 2 is 1.92 bits per heavy atom. The Kier molecular flexibility index (Phi) is 7.73. The van der Waals surface area contributed by atoms with Crippen molar-refractivity contribution in [3.05, 3.63) is 35.4 Å². The number of amides is 1. The molecular formula is C20H32N2O2. The second kappa shape index (κ2) is 9.80. The molecule has 0 aliphatic carbocycles. The third kappa shape index (κ3) is 5.91. The molecule has 1 unspecified atom stereocenters. The second-order valence-corrected chi connectivity index (χ2v) is 7.12. The quantitative estimate of drug-likeness (QED) is 0.744. The number of ether oxygens (including phenoxy) is 1. The van der Waals surface area contributed by atoms with Crippen LogP contribution in [0.2, 0.25) is 0 Å². The van der Waals surface area contributed by atoms with Crippen LogP contribution in [0, 0.1) is 5.92 Å². The fourth-order valence-electron chi connectivity index (χ4n) is 3.22. The van der Waals surface area contributed by atoms with E-state index in [9.17, 15) is 4.79 Å². The summed E-state index contributed by atoms with van der Waals surface area (Å²) in [6.45, 7) is 11.9. The van der Waals surface area contributed by atoms with Crippen molar-refractivity contribution >= 4 is 5.91 Å². The van der Waals surface area contributed by atoms with Crippen molar-refractivity contribution < 1.29 is 9.53 Å². The SMILES string of the molecule is CC(C)Cc1ccccc1C(C)C(=O)NCCCN1CCOCC1. The first-order valence-electron chi connectivity index (χ1n) is 9.23. The lowest BCUT2D eigenvalue weighted by molar-refractivity contribution is -0.122. The van der Waals surface area contributed by atoms with E-state index >= 15 is 0 Å². The smallest absolute Gasteiger partial charge is 0.227 e. The summed E-state index contributed by atoms with van der Waals surface area (Å²) in [4.78, 5) is 14.9. The molecule has 1 N–H and O–H groups in total. The molecular weight excluding hydrogens is 300 g/mol. The Morgan fingerprint density at radius 1 is 1.21 bits per heavy atom. The van der Waals surface area contributed by atoms with Gasteiger partial charge in [0, 0.05) is 19.6 Å². The molecule has 1 aromatic rings. The summed E-state index contributed by atoms with van der Waals surface area (Å²) in [6, 6.07) is 8.34. The van der Waals surface area contributed by atoms with Gasteiger partial charge < -0.3 is 10.1 Å². The summed E-state index contributed by atoms with van der Waals surface area (Å²) in [5, 5.41) is 3.10. The second-order valence-electron chi connectivity index (χ2n) is 7.12. The van der Waals surface area contributed by atoms with Crippen molar-refractivity contribution in [1.82, 2.24) is 10.2 Å². The normalized spacial score (nSPS) is 17.0. The molecule has 0 bridgehead atoms. The molecule has 1 amide bonds. The van der Waals surface area contributed by atoms with Crippen molar-refractivity contribution in [2.45, 2.75) is 39.5 Å². The van der Waals surface area contributed by atoms with E-state index in [0.29, 0.717) is 5.92 Å². The maximum Gasteiger partial charge on any atom is 0.227 e. The van der Waals surface area contributed by atoms with Gasteiger partial charge in [0.05, 0.1) is 19.1 Å². The molecule has 1 heterocycles. The van der Waals surface area contributed by atoms with Gasteiger partial charge >= 0.3 is 0 Å². The van der Waals surface area contributed by atoms with Crippen LogP contribution in [-0.4, -0.2) is 50.2 Å². The molecule has 0 saturated carbocycles. The van der Waals surface area contributed by atoms with Crippen LogP contribution in [0.4, 0.5) is 0 Å². The maximum atomic E-state index is 12.5. The molecule has 1 saturated heterocycles. The first kappa shape index (κ1) is 18.9. The van der Waals surface area contributed by atoms with Crippen molar-refractivity contribution in [3.8, 4) is 0 Å². The van der Waals surface area contributed by atoms with Crippen molar-refractivity contribution in [1.29, 1.82) is 0 Å². The van der Waals surface area contributed by atoms with E-state index in [0.717, 1.165) is 57.8 Å². The number of carbonyl (C=O) groups excluding carboxylic acids is 1. The van der Waals surface area contributed by atoms with E-state index in [1.807, 2.05) is 13.0 Å². The van der Waals surface area contributed by atoms with Crippen LogP contribution in [0.15, 0.2) is 24.3 Å². The molecule has 0 spiro atoms. The minimum atomic E-state index is -0.0941. The molecule has 4 nitrogen and oxygen atoms in total. The molecule has 0 aromatic heterocycles. The molecule has 2 rings (SSSR count). The predicted molar refractivity (Wildman–Crippen MR) is 98.3 cm³/mol. The monoisotopic (exact) mass is 332 g/mol. The number of rotatable bonds is 8. The Labute approximate surface area is 146 Å². The molecule has 1 aliphatic heterocycles. The topological polar surface area (TPSA) is 41.6 Å². The van der Waals surface area contributed by atoms with Crippen LogP contribution >= 0.6 is 0 Å². The molecule has 1 aliphatic rings. The molecule has 134 valence electrons. The Bertz CT molecular complexity index is 510. The number of nitrogens with one attached hydrogen (secondary N) is 1. The predicted octanol–water partition coefficient (Wildman–Crippen LogP) is 2.83. The Morgan fingerprint density at radius 3 is 2.62 bits per heavy atom. The molecule has 0 radical (unpaired) electrons. The van der Waals surface area contributed by atoms with Crippen LogP contribution in [0.3, 0.4) is 0 Å². The fraction of sp³-hybridized carbons (Fsp3) is 0.650. The van der Waals surface area contributed by atoms with Crippen molar-refractivity contribution in [2.75, 3.05) is 39.4 Å². The largest absolute Gasteiger partial charge is 0.379 e. The molecule has 1 aromatic carbocycles. The van der Waals surface area contributed by atoms with Gasteiger partial charge in [-0.3, -0.25) is 9.69 Å². The van der Waals surface area contributed by atoms with E-state index in [1.165, 1.54) is 5.56 Å². The zero-order chi connectivity index (χ0) is 17.4. The fourth-order valence-corrected chi connectivity index (χ4v) is 3.22. The van der Waals surface area contributed by atoms with Crippen LogP contribution in [0.5, 0.6) is 0 Å². The average molecular weight is 332 g/mol. The van der Waals surface area contributed by atoms with E-state index < -0.39 is 0 Å². The lowest BCUT2D eigenvalue weighted by atomic mass is 9.90. The van der Waals surface area contributed by atoms with Gasteiger partial charge in [0.2, 0.25) is 5.91 Å². The highest BCUT2D eigenvalue weighted by atomic mass is 16.5. The summed E-state index contributed by atoms with van der Waals surface area (Å²) in [5.74, 6) is 0.631. The van der Waals surface area contributed by atoms with Gasteiger partial charge in [-0.05, 0) is 43.4 Å². The zero-order valence-corrected chi connectivity index (χ0v) is 15.4. The minimum Gasteiger partial charge on any atom is -0.379 e. The van der Waals surface area contributed by atoms with E-state index in [2.05, 4.69) is 42.3 Å². The first-order valence-corrected chi connectivity index (χ1v) is 9.23. The summed E-state index contributed by atoms with van der Waals surface area (Å²) in [7, 11) is 0. The van der Waals surface area contributed by atoms with Crippen molar-refractivity contribution in [2.24, 2.45) is 5.92 Å². The van der Waals surface area contributed by atoms with Gasteiger partial charge in [-0.1, -0.05) is 38.1 Å². The number of morpholine rings is 1. The number of nitrogens with zero attached hydrogens (tertiary/aromatic N) is 1. The van der Waals surface area contributed by atoms with Gasteiger partial charge in [-0.25, -0.2) is 0 Å². The van der Waals surface area contributed by atoms with E-state index in [4.69, 9.17) is 4.74 Å². The lowest BCUT2D eigenvalue weighted by Crippen LogP contribution is -2.38. The van der Waals surface area contributed by atoms with Gasteiger partial charge in [-0.15, -0.1) is 0 Å². The minimum absolute atomic E-state index is 0.0941. The average Bonchev–Trinajstić information content (AvgIpc) is 2.59. The molecule has 4 heteroatoms. The van der Waals surface area contributed by atoms with Gasteiger partial charge in [0.25, 0.3) is 0 Å². The standard InChI is InChI=1S/C20H32N2O2/c1-16(2)15-18-7-4-5-8-19(18)17(3)20(23)21-9-6-10-22-11-13-24-14-12-22/h4-5,7-8,16-17H,6,9-15H2,1-3H3,(H,21,23). The Hall–Kier alpha value is -1.39. The molecule has 1 atom stereocenters. The third-order valence-corrected chi connectivity index (χ3v) is 4.60. The zero-order valence-electron chi connectivity index (χ0n) is 15.4. The van der Waals surface area contributed by atoms with E-state index in [-0.39, 0.29) is 11.8 Å². The number of benzene rings is 1. The van der Waals surface area contributed by atoms with Gasteiger partial charge in [0.1, 0.15) is 0 Å². The number of hydrogen-bond donors (Lipinski definition) is 1. The van der Waals surface area contributed by atoms with Crippen LogP contribution in [-0.2, 0) is 16.0 Å². The number of carbonyl (C=O) groups is 1. The summed E-state index contributed by atoms with van der Waals surface area (Å²) >= 11 is 0. The van der Waals surface area contributed by atoms with E-state index in [1.54, 1.807) is 0 Å². The van der Waals surface area contributed by atoms with Crippen molar-refractivity contribution in [3.63, 3.8) is 0 Å². The van der Waals surface area contributed by atoms with Crippen LogP contribution < -0.4 is 5.32 Å². The number of hydrogen-bond acceptors (Lipinski definition) is 3. The van der Waals surface area contributed by atoms with Gasteiger partial charge in [0.15, 0.2) is 0 Å². The van der Waals surface area contributed by atoms with Crippen LogP contribution in [0.25, 0.3) is 0 Å². The third-order valence-electron chi connectivity index (χ3n) is 4.60. The summed E-state index contributed by atoms with van der Waals surface area (Å²) < 4.78 is 5.35. The highest BCUT2D eigenvalue weighted by Gasteiger charge is 2.18. The lowest BCUT2D eigenvalue weighted by Gasteiger charge is -2.26. The molecule has 24 heavy (non-hydrogen) atoms. The molecule has 1 fully saturated rings. The van der Waals surface area contributed by atoms with Gasteiger partial charge in [-0.2, -0.15) is 0 Å². The highest BCUT2D eigenvalue weighted by Crippen LogP contribution is 2.22. The maximum absolute atomic E-state index is 12.5. The summed E-state index contributed by atoms with van der Waals surface area (Å²) in [5.41, 5.74) is 2.46. The Balaban J connectivity index is 1.79. The first-order chi connectivity index (χ1) is 11.6.